The highest BCUT2D eigenvalue weighted by Crippen LogP contribution is 2.16. The lowest BCUT2D eigenvalue weighted by atomic mass is 10.1. The molecule has 0 aliphatic carbocycles. The number of piperazine rings is 1. The Morgan fingerprint density at radius 1 is 0.839 bits per heavy atom. The molecule has 164 valence electrons. The number of hydrogen-bond donors (Lipinski definition) is 0. The van der Waals surface area contributed by atoms with Gasteiger partial charge in [0.15, 0.2) is 0 Å². The van der Waals surface area contributed by atoms with Gasteiger partial charge in [-0.05, 0) is 11.1 Å². The number of nitrogens with zero attached hydrogens (tertiary/aromatic N) is 3. The first-order chi connectivity index (χ1) is 15.0. The van der Waals surface area contributed by atoms with E-state index in [9.17, 15) is 14.4 Å². The molecular weight excluding hydrogens is 398 g/mol. The van der Waals surface area contributed by atoms with Crippen LogP contribution in [0.15, 0.2) is 60.7 Å². The molecule has 8 heteroatoms. The van der Waals surface area contributed by atoms with Crippen molar-refractivity contribution in [1.82, 2.24) is 14.7 Å². The average molecular weight is 425 g/mol. The fourth-order valence-electron chi connectivity index (χ4n) is 3.29. The van der Waals surface area contributed by atoms with E-state index in [4.69, 9.17) is 9.47 Å². The summed E-state index contributed by atoms with van der Waals surface area (Å²) in [4.78, 5) is 42.2. The van der Waals surface area contributed by atoms with Crippen molar-refractivity contribution in [2.45, 2.75) is 19.3 Å². The van der Waals surface area contributed by atoms with Crippen molar-refractivity contribution in [3.63, 3.8) is 0 Å². The zero-order chi connectivity index (χ0) is 22.2. The van der Waals surface area contributed by atoms with Gasteiger partial charge in [0.25, 0.3) is 0 Å². The van der Waals surface area contributed by atoms with Crippen LogP contribution in [0.2, 0.25) is 0 Å². The zero-order valence-corrected chi connectivity index (χ0v) is 17.8. The second-order valence-electron chi connectivity index (χ2n) is 7.47. The van der Waals surface area contributed by atoms with Gasteiger partial charge in [0.1, 0.15) is 19.3 Å². The van der Waals surface area contributed by atoms with Crippen molar-refractivity contribution in [3.05, 3.63) is 71.8 Å². The molecule has 2 aromatic rings. The van der Waals surface area contributed by atoms with E-state index >= 15 is 0 Å². The van der Waals surface area contributed by atoms with Gasteiger partial charge in [-0.2, -0.15) is 0 Å². The quantitative estimate of drug-likeness (QED) is 0.736. The Labute approximate surface area is 181 Å². The summed E-state index contributed by atoms with van der Waals surface area (Å²) in [7, 11) is 3.23. The van der Waals surface area contributed by atoms with E-state index < -0.39 is 18.2 Å². The molecule has 31 heavy (non-hydrogen) atoms. The third-order valence-electron chi connectivity index (χ3n) is 5.01. The first-order valence-electron chi connectivity index (χ1n) is 10.1. The molecule has 1 unspecified atom stereocenters. The predicted molar refractivity (Wildman–Crippen MR) is 114 cm³/mol. The SMILES string of the molecule is CN(C)C(=O)C1CN(C(=O)OCc2ccccc2)CCN1C(=O)OCc1ccccc1. The van der Waals surface area contributed by atoms with E-state index in [1.54, 1.807) is 14.1 Å². The number of amides is 3. The molecule has 0 saturated carbocycles. The van der Waals surface area contributed by atoms with Crippen LogP contribution in [0.5, 0.6) is 0 Å². The van der Waals surface area contributed by atoms with Gasteiger partial charge in [-0.1, -0.05) is 60.7 Å². The number of carbonyl (C=O) groups is 3. The molecule has 1 aliphatic rings. The van der Waals surface area contributed by atoms with Crippen LogP contribution in [0.4, 0.5) is 9.59 Å². The molecule has 3 amide bonds. The van der Waals surface area contributed by atoms with Crippen molar-refractivity contribution in [1.29, 1.82) is 0 Å². The lowest BCUT2D eigenvalue weighted by molar-refractivity contribution is -0.135. The van der Waals surface area contributed by atoms with Gasteiger partial charge >= 0.3 is 12.2 Å². The Hall–Kier alpha value is -3.55. The fraction of sp³-hybridized carbons (Fsp3) is 0.348. The molecule has 0 N–H and O–H groups in total. The summed E-state index contributed by atoms with van der Waals surface area (Å²) in [5.74, 6) is -0.280. The van der Waals surface area contributed by atoms with Gasteiger partial charge < -0.3 is 19.3 Å². The minimum absolute atomic E-state index is 0.0467. The maximum atomic E-state index is 12.7. The van der Waals surface area contributed by atoms with Crippen LogP contribution in [0.25, 0.3) is 0 Å². The van der Waals surface area contributed by atoms with Crippen molar-refractivity contribution in [2.75, 3.05) is 33.7 Å². The standard InChI is InChI=1S/C23H27N3O5/c1-24(2)21(27)20-15-25(22(28)30-16-18-9-5-3-6-10-18)13-14-26(20)23(29)31-17-19-11-7-4-8-12-19/h3-12,20H,13-17H2,1-2H3. The smallest absolute Gasteiger partial charge is 0.410 e. The van der Waals surface area contributed by atoms with Crippen molar-refractivity contribution >= 4 is 18.1 Å². The summed E-state index contributed by atoms with van der Waals surface area (Å²) in [6.45, 7) is 0.738. The maximum absolute atomic E-state index is 12.7. The lowest BCUT2D eigenvalue weighted by Gasteiger charge is -2.40. The van der Waals surface area contributed by atoms with Gasteiger partial charge in [0, 0.05) is 27.2 Å². The van der Waals surface area contributed by atoms with Crippen LogP contribution in [0, 0.1) is 0 Å². The molecule has 1 saturated heterocycles. The second-order valence-corrected chi connectivity index (χ2v) is 7.47. The fourth-order valence-corrected chi connectivity index (χ4v) is 3.29. The highest BCUT2D eigenvalue weighted by atomic mass is 16.6. The van der Waals surface area contributed by atoms with Crippen molar-refractivity contribution in [2.24, 2.45) is 0 Å². The lowest BCUT2D eigenvalue weighted by Crippen LogP contribution is -2.61. The van der Waals surface area contributed by atoms with Crippen molar-refractivity contribution < 1.29 is 23.9 Å². The number of likely N-dealkylation sites (N-methyl/N-ethyl adjacent to an activating group) is 1. The summed E-state index contributed by atoms with van der Waals surface area (Å²) >= 11 is 0. The summed E-state index contributed by atoms with van der Waals surface area (Å²) in [6.07, 6.45) is -1.10. The molecule has 1 heterocycles. The largest absolute Gasteiger partial charge is 0.445 e. The molecule has 1 fully saturated rings. The van der Waals surface area contributed by atoms with E-state index in [0.29, 0.717) is 0 Å². The van der Waals surface area contributed by atoms with Crippen LogP contribution < -0.4 is 0 Å². The zero-order valence-electron chi connectivity index (χ0n) is 17.8. The van der Waals surface area contributed by atoms with Gasteiger partial charge in [-0.3, -0.25) is 9.69 Å². The first kappa shape index (κ1) is 22.1. The number of benzene rings is 2. The van der Waals surface area contributed by atoms with E-state index in [-0.39, 0.29) is 38.8 Å². The van der Waals surface area contributed by atoms with Gasteiger partial charge in [0.05, 0.1) is 6.54 Å². The van der Waals surface area contributed by atoms with Crippen LogP contribution in [0.3, 0.4) is 0 Å². The van der Waals surface area contributed by atoms with Crippen molar-refractivity contribution in [3.8, 4) is 0 Å². The highest BCUT2D eigenvalue weighted by Gasteiger charge is 2.39. The highest BCUT2D eigenvalue weighted by molar-refractivity contribution is 5.86. The first-order valence-corrected chi connectivity index (χ1v) is 10.1. The van der Waals surface area contributed by atoms with Gasteiger partial charge in [-0.25, -0.2) is 9.59 Å². The minimum Gasteiger partial charge on any atom is -0.445 e. The summed E-state index contributed by atoms with van der Waals surface area (Å²) in [5, 5.41) is 0. The van der Waals surface area contributed by atoms with Crippen LogP contribution >= 0.6 is 0 Å². The Morgan fingerprint density at radius 2 is 1.35 bits per heavy atom. The van der Waals surface area contributed by atoms with E-state index in [1.165, 1.54) is 14.7 Å². The summed E-state index contributed by atoms with van der Waals surface area (Å²) in [5.41, 5.74) is 1.73. The van der Waals surface area contributed by atoms with E-state index in [1.807, 2.05) is 60.7 Å². The molecule has 1 aliphatic heterocycles. The average Bonchev–Trinajstić information content (AvgIpc) is 2.81. The Kier molecular flexibility index (Phi) is 7.48. The number of rotatable bonds is 5. The second kappa shape index (κ2) is 10.5. The van der Waals surface area contributed by atoms with Gasteiger partial charge in [-0.15, -0.1) is 0 Å². The van der Waals surface area contributed by atoms with Crippen LogP contribution in [0.1, 0.15) is 11.1 Å². The predicted octanol–water partition coefficient (Wildman–Crippen LogP) is 2.73. The third-order valence-corrected chi connectivity index (χ3v) is 5.01. The molecule has 1 atom stereocenters. The number of carbonyl (C=O) groups excluding carboxylic acids is 3. The molecule has 3 rings (SSSR count). The third kappa shape index (κ3) is 5.97. The molecule has 0 bridgehead atoms. The minimum atomic E-state index is -0.837. The molecular formula is C23H27N3O5. The van der Waals surface area contributed by atoms with E-state index in [2.05, 4.69) is 0 Å². The molecule has 8 nitrogen and oxygen atoms in total. The van der Waals surface area contributed by atoms with Crippen LogP contribution in [-0.2, 0) is 27.5 Å². The Bertz CT molecular complexity index is 889. The monoisotopic (exact) mass is 425 g/mol. The molecule has 0 aromatic heterocycles. The Morgan fingerprint density at radius 3 is 1.87 bits per heavy atom. The number of ether oxygens (including phenoxy) is 2. The number of hydrogen-bond acceptors (Lipinski definition) is 5. The van der Waals surface area contributed by atoms with E-state index in [0.717, 1.165) is 11.1 Å². The maximum Gasteiger partial charge on any atom is 0.410 e. The molecule has 0 spiro atoms. The molecule has 2 aromatic carbocycles. The topological polar surface area (TPSA) is 79.4 Å². The molecule has 0 radical (unpaired) electrons. The Balaban J connectivity index is 1.62. The normalized spacial score (nSPS) is 15.9. The summed E-state index contributed by atoms with van der Waals surface area (Å²) in [6, 6.07) is 17.8. The van der Waals surface area contributed by atoms with Crippen LogP contribution in [-0.4, -0.2) is 72.6 Å². The van der Waals surface area contributed by atoms with Gasteiger partial charge in [0.2, 0.25) is 5.91 Å². The summed E-state index contributed by atoms with van der Waals surface area (Å²) < 4.78 is 10.8.